The van der Waals surface area contributed by atoms with Gasteiger partial charge in [0.2, 0.25) is 0 Å². The van der Waals surface area contributed by atoms with Crippen molar-refractivity contribution in [3.8, 4) is 5.69 Å². The van der Waals surface area contributed by atoms with Gasteiger partial charge in [-0.3, -0.25) is 14.9 Å². The van der Waals surface area contributed by atoms with Crippen LogP contribution in [0.5, 0.6) is 0 Å². The van der Waals surface area contributed by atoms with Crippen molar-refractivity contribution in [2.75, 3.05) is 5.32 Å². The number of nitro groups is 1. The standard InChI is InChI=1S/C18H16N4O3/c1-12-17(13(2)21(20-12)15-8-4-3-5-9-15)18(23)19-14-7-6-10-16(11-14)22(24)25/h3-11H,1-2H3,(H,19,23). The number of nitrogens with zero attached hydrogens (tertiary/aromatic N) is 3. The van der Waals surface area contributed by atoms with Crippen molar-refractivity contribution < 1.29 is 9.72 Å². The molecule has 2 aromatic carbocycles. The van der Waals surface area contributed by atoms with Gasteiger partial charge in [0.25, 0.3) is 11.6 Å². The molecule has 0 spiro atoms. The fraction of sp³-hybridized carbons (Fsp3) is 0.111. The fourth-order valence-electron chi connectivity index (χ4n) is 2.68. The minimum atomic E-state index is -0.500. The van der Waals surface area contributed by atoms with E-state index in [-0.39, 0.29) is 11.6 Å². The second kappa shape index (κ2) is 6.56. The van der Waals surface area contributed by atoms with Crippen LogP contribution in [0.1, 0.15) is 21.7 Å². The summed E-state index contributed by atoms with van der Waals surface area (Å²) in [5.74, 6) is -0.349. The fourth-order valence-corrected chi connectivity index (χ4v) is 2.68. The Morgan fingerprint density at radius 3 is 2.52 bits per heavy atom. The Labute approximate surface area is 144 Å². The van der Waals surface area contributed by atoms with Gasteiger partial charge in [-0.15, -0.1) is 0 Å². The van der Waals surface area contributed by atoms with E-state index in [4.69, 9.17) is 0 Å². The third-order valence-electron chi connectivity index (χ3n) is 3.83. The van der Waals surface area contributed by atoms with E-state index in [1.807, 2.05) is 37.3 Å². The molecular formula is C18H16N4O3. The molecule has 0 aliphatic carbocycles. The predicted octanol–water partition coefficient (Wildman–Crippen LogP) is 3.65. The zero-order valence-electron chi connectivity index (χ0n) is 13.8. The molecule has 7 heteroatoms. The van der Waals surface area contributed by atoms with E-state index in [9.17, 15) is 14.9 Å². The molecule has 0 aliphatic heterocycles. The summed E-state index contributed by atoms with van der Waals surface area (Å²) in [4.78, 5) is 23.0. The van der Waals surface area contributed by atoms with Crippen molar-refractivity contribution in [2.45, 2.75) is 13.8 Å². The van der Waals surface area contributed by atoms with E-state index >= 15 is 0 Å². The normalized spacial score (nSPS) is 10.5. The molecule has 7 nitrogen and oxygen atoms in total. The van der Waals surface area contributed by atoms with Crippen LogP contribution in [0.15, 0.2) is 54.6 Å². The molecule has 1 amide bonds. The Morgan fingerprint density at radius 1 is 1.12 bits per heavy atom. The van der Waals surface area contributed by atoms with Gasteiger partial charge < -0.3 is 5.32 Å². The third kappa shape index (κ3) is 3.25. The van der Waals surface area contributed by atoms with Crippen LogP contribution in [0.25, 0.3) is 5.69 Å². The molecule has 0 bridgehead atoms. The number of rotatable bonds is 4. The van der Waals surface area contributed by atoms with Crippen LogP contribution in [0, 0.1) is 24.0 Å². The van der Waals surface area contributed by atoms with Gasteiger partial charge in [-0.05, 0) is 32.0 Å². The molecule has 1 N–H and O–H groups in total. The summed E-state index contributed by atoms with van der Waals surface area (Å²) in [5, 5.41) is 18.0. The number of carbonyl (C=O) groups is 1. The maximum absolute atomic E-state index is 12.6. The lowest BCUT2D eigenvalue weighted by Gasteiger charge is -2.07. The largest absolute Gasteiger partial charge is 0.322 e. The summed E-state index contributed by atoms with van der Waals surface area (Å²) in [7, 11) is 0. The summed E-state index contributed by atoms with van der Waals surface area (Å²) in [6, 6.07) is 15.3. The smallest absolute Gasteiger partial charge is 0.271 e. The van der Waals surface area contributed by atoms with Gasteiger partial charge in [0.1, 0.15) is 0 Å². The number of anilines is 1. The Bertz CT molecular complexity index is 948. The summed E-state index contributed by atoms with van der Waals surface area (Å²) in [6.45, 7) is 3.57. The number of aromatic nitrogens is 2. The molecule has 3 aromatic rings. The molecule has 1 heterocycles. The van der Waals surface area contributed by atoms with Crippen molar-refractivity contribution in [3.05, 3.63) is 81.7 Å². The van der Waals surface area contributed by atoms with Crippen molar-refractivity contribution >= 4 is 17.3 Å². The summed E-state index contributed by atoms with van der Waals surface area (Å²) >= 11 is 0. The first-order valence-corrected chi connectivity index (χ1v) is 7.65. The number of hydrogen-bond donors (Lipinski definition) is 1. The van der Waals surface area contributed by atoms with Crippen molar-refractivity contribution in [1.82, 2.24) is 9.78 Å². The van der Waals surface area contributed by atoms with Crippen molar-refractivity contribution in [1.29, 1.82) is 0 Å². The number of para-hydroxylation sites is 1. The molecule has 0 saturated carbocycles. The summed E-state index contributed by atoms with van der Waals surface area (Å²) in [6.07, 6.45) is 0. The lowest BCUT2D eigenvalue weighted by Crippen LogP contribution is -2.14. The first-order valence-electron chi connectivity index (χ1n) is 7.65. The SMILES string of the molecule is Cc1nn(-c2ccccc2)c(C)c1C(=O)Nc1cccc([N+](=O)[O-])c1. The van der Waals surface area contributed by atoms with Gasteiger partial charge >= 0.3 is 0 Å². The molecule has 1 aromatic heterocycles. The van der Waals surface area contributed by atoms with Gasteiger partial charge in [-0.1, -0.05) is 24.3 Å². The highest BCUT2D eigenvalue weighted by atomic mass is 16.6. The molecule has 0 saturated heterocycles. The van der Waals surface area contributed by atoms with Crippen LogP contribution in [-0.2, 0) is 0 Å². The van der Waals surface area contributed by atoms with Crippen LogP contribution in [0.4, 0.5) is 11.4 Å². The zero-order chi connectivity index (χ0) is 18.0. The maximum Gasteiger partial charge on any atom is 0.271 e. The predicted molar refractivity (Wildman–Crippen MR) is 94.1 cm³/mol. The van der Waals surface area contributed by atoms with Gasteiger partial charge in [0.15, 0.2) is 0 Å². The molecule has 25 heavy (non-hydrogen) atoms. The van der Waals surface area contributed by atoms with Gasteiger partial charge in [0, 0.05) is 17.8 Å². The van der Waals surface area contributed by atoms with Crippen LogP contribution in [0.3, 0.4) is 0 Å². The highest BCUT2D eigenvalue weighted by Crippen LogP contribution is 2.21. The zero-order valence-corrected chi connectivity index (χ0v) is 13.8. The molecule has 0 atom stereocenters. The Morgan fingerprint density at radius 2 is 1.84 bits per heavy atom. The monoisotopic (exact) mass is 336 g/mol. The lowest BCUT2D eigenvalue weighted by atomic mass is 10.1. The molecular weight excluding hydrogens is 320 g/mol. The first-order chi connectivity index (χ1) is 12.0. The Kier molecular flexibility index (Phi) is 4.30. The molecule has 0 radical (unpaired) electrons. The minimum absolute atomic E-state index is 0.0776. The van der Waals surface area contributed by atoms with Crippen LogP contribution in [0.2, 0.25) is 0 Å². The Hall–Kier alpha value is -3.48. The molecule has 126 valence electrons. The molecule has 0 aliphatic rings. The van der Waals surface area contributed by atoms with E-state index in [1.165, 1.54) is 18.2 Å². The van der Waals surface area contributed by atoms with Crippen LogP contribution < -0.4 is 5.32 Å². The van der Waals surface area contributed by atoms with E-state index in [2.05, 4.69) is 10.4 Å². The average molecular weight is 336 g/mol. The third-order valence-corrected chi connectivity index (χ3v) is 3.83. The summed E-state index contributed by atoms with van der Waals surface area (Å²) in [5.41, 5.74) is 2.89. The lowest BCUT2D eigenvalue weighted by molar-refractivity contribution is -0.384. The summed E-state index contributed by atoms with van der Waals surface area (Å²) < 4.78 is 1.71. The van der Waals surface area contributed by atoms with Crippen molar-refractivity contribution in [3.63, 3.8) is 0 Å². The minimum Gasteiger partial charge on any atom is -0.322 e. The van der Waals surface area contributed by atoms with E-state index in [0.717, 1.165) is 5.69 Å². The maximum atomic E-state index is 12.6. The molecule has 0 unspecified atom stereocenters. The van der Waals surface area contributed by atoms with E-state index in [1.54, 1.807) is 17.7 Å². The number of aryl methyl sites for hydroxylation is 1. The second-order valence-electron chi connectivity index (χ2n) is 5.55. The Balaban J connectivity index is 1.92. The number of carbonyl (C=O) groups excluding carboxylic acids is 1. The van der Waals surface area contributed by atoms with Gasteiger partial charge in [-0.25, -0.2) is 4.68 Å². The number of amides is 1. The quantitative estimate of drug-likeness (QED) is 0.581. The topological polar surface area (TPSA) is 90.1 Å². The first kappa shape index (κ1) is 16.4. The number of nitrogens with one attached hydrogen (secondary N) is 1. The highest BCUT2D eigenvalue weighted by Gasteiger charge is 2.20. The second-order valence-corrected chi connectivity index (χ2v) is 5.55. The molecule has 0 fully saturated rings. The van der Waals surface area contributed by atoms with Gasteiger partial charge in [0.05, 0.1) is 27.6 Å². The van der Waals surface area contributed by atoms with Crippen LogP contribution in [-0.4, -0.2) is 20.6 Å². The number of non-ortho nitro benzene ring substituents is 1. The number of benzene rings is 2. The van der Waals surface area contributed by atoms with Crippen LogP contribution >= 0.6 is 0 Å². The number of nitro benzene ring substituents is 1. The highest BCUT2D eigenvalue weighted by molar-refractivity contribution is 6.06. The average Bonchev–Trinajstić information content (AvgIpc) is 2.90. The van der Waals surface area contributed by atoms with E-state index in [0.29, 0.717) is 22.6 Å². The molecule has 3 rings (SSSR count). The van der Waals surface area contributed by atoms with Gasteiger partial charge in [-0.2, -0.15) is 5.10 Å². The number of hydrogen-bond acceptors (Lipinski definition) is 4. The van der Waals surface area contributed by atoms with Crippen molar-refractivity contribution in [2.24, 2.45) is 0 Å². The van der Waals surface area contributed by atoms with E-state index < -0.39 is 4.92 Å².